The fraction of sp³-hybridized carbons (Fsp3) is 0. The maximum absolute atomic E-state index is 11.4. The maximum Gasteiger partial charge on any atom is 0.335 e. The van der Waals surface area contributed by atoms with E-state index in [0.29, 0.717) is 21.8 Å². The number of aromatic nitrogens is 3. The summed E-state index contributed by atoms with van der Waals surface area (Å²) in [6.45, 7) is 0. The third kappa shape index (κ3) is 1.31. The molecule has 2 aromatic heterocycles. The van der Waals surface area contributed by atoms with Crippen molar-refractivity contribution in [3.05, 3.63) is 40.3 Å². The Bertz CT molecular complexity index is 800. The molecule has 1 aromatic carbocycles. The molecule has 84 valence electrons. The highest BCUT2D eigenvalue weighted by atomic mass is 16.4. The molecule has 0 fully saturated rings. The molecule has 0 aliphatic carbocycles. The molecule has 0 aliphatic rings. The molecule has 0 unspecified atom stereocenters. The zero-order valence-corrected chi connectivity index (χ0v) is 8.52. The molecule has 3 rings (SSSR count). The number of H-pyrrole nitrogens is 2. The Morgan fingerprint density at radius 3 is 2.82 bits per heavy atom. The van der Waals surface area contributed by atoms with Crippen molar-refractivity contribution in [1.82, 2.24) is 15.2 Å². The van der Waals surface area contributed by atoms with E-state index in [2.05, 4.69) is 15.2 Å². The number of carboxylic acid groups (broad SMARTS) is 1. The van der Waals surface area contributed by atoms with Gasteiger partial charge in [0.15, 0.2) is 0 Å². The fourth-order valence-corrected chi connectivity index (χ4v) is 1.82. The lowest BCUT2D eigenvalue weighted by molar-refractivity contribution is 0.0697. The van der Waals surface area contributed by atoms with Gasteiger partial charge < -0.3 is 5.11 Å². The van der Waals surface area contributed by atoms with Crippen molar-refractivity contribution in [1.29, 1.82) is 0 Å². The predicted molar refractivity (Wildman–Crippen MR) is 61.2 cm³/mol. The molecule has 0 spiro atoms. The van der Waals surface area contributed by atoms with E-state index >= 15 is 0 Å². The highest BCUT2D eigenvalue weighted by Crippen LogP contribution is 2.20. The van der Waals surface area contributed by atoms with E-state index in [1.807, 2.05) is 0 Å². The van der Waals surface area contributed by atoms with E-state index < -0.39 is 5.97 Å². The molecule has 3 aromatic rings. The topological polar surface area (TPSA) is 98.8 Å². The molecule has 0 radical (unpaired) electrons. The molecule has 0 amide bonds. The first-order chi connectivity index (χ1) is 8.16. The Hall–Kier alpha value is -2.63. The molecule has 0 atom stereocenters. The number of hydrogen-bond donors (Lipinski definition) is 3. The number of nitrogens with one attached hydrogen (secondary N) is 2. The fourth-order valence-electron chi connectivity index (χ4n) is 1.82. The Morgan fingerprint density at radius 1 is 1.24 bits per heavy atom. The zero-order chi connectivity index (χ0) is 12.0. The van der Waals surface area contributed by atoms with Gasteiger partial charge in [-0.1, -0.05) is 0 Å². The van der Waals surface area contributed by atoms with Crippen molar-refractivity contribution >= 4 is 27.8 Å². The Balaban J connectivity index is 2.45. The van der Waals surface area contributed by atoms with Gasteiger partial charge in [-0.05, 0) is 18.2 Å². The normalized spacial score (nSPS) is 11.1. The van der Waals surface area contributed by atoms with Crippen molar-refractivity contribution in [3.8, 4) is 0 Å². The minimum Gasteiger partial charge on any atom is -0.478 e. The third-order valence-electron chi connectivity index (χ3n) is 2.66. The second-order valence-corrected chi connectivity index (χ2v) is 3.66. The number of carboxylic acids is 1. The number of carbonyl (C=O) groups is 1. The number of aromatic carboxylic acids is 1. The first-order valence-electron chi connectivity index (χ1n) is 4.89. The first-order valence-corrected chi connectivity index (χ1v) is 4.89. The summed E-state index contributed by atoms with van der Waals surface area (Å²) in [5.74, 6) is -1.00. The lowest BCUT2D eigenvalue weighted by Crippen LogP contribution is -1.98. The van der Waals surface area contributed by atoms with Crippen LogP contribution in [0.2, 0.25) is 0 Å². The number of pyridine rings is 1. The average Bonchev–Trinajstić information content (AvgIpc) is 2.70. The minimum atomic E-state index is -1.00. The molecule has 6 heteroatoms. The molecule has 6 nitrogen and oxygen atoms in total. The van der Waals surface area contributed by atoms with Crippen LogP contribution in [0, 0.1) is 0 Å². The van der Waals surface area contributed by atoms with E-state index in [4.69, 9.17) is 5.11 Å². The van der Waals surface area contributed by atoms with Crippen molar-refractivity contribution in [2.75, 3.05) is 0 Å². The summed E-state index contributed by atoms with van der Waals surface area (Å²) in [6, 6.07) is 4.59. The van der Waals surface area contributed by atoms with Crippen LogP contribution in [0.25, 0.3) is 21.8 Å². The van der Waals surface area contributed by atoms with E-state index in [1.54, 1.807) is 6.07 Å². The van der Waals surface area contributed by atoms with Crippen LogP contribution in [0.1, 0.15) is 10.4 Å². The summed E-state index contributed by atoms with van der Waals surface area (Å²) in [7, 11) is 0. The largest absolute Gasteiger partial charge is 0.478 e. The maximum atomic E-state index is 11.4. The van der Waals surface area contributed by atoms with Gasteiger partial charge in [-0.25, -0.2) is 4.79 Å². The number of benzene rings is 1. The number of nitrogens with zero attached hydrogens (tertiary/aromatic N) is 1. The zero-order valence-electron chi connectivity index (χ0n) is 8.52. The van der Waals surface area contributed by atoms with Crippen LogP contribution in [0.5, 0.6) is 0 Å². The Labute approximate surface area is 93.9 Å². The smallest absolute Gasteiger partial charge is 0.335 e. The standard InChI is InChI=1S/C11H7N3O3/c15-10-7-4-12-8-3-5(11(16)17)1-2-6(8)9(7)13-14-10/h1-4H,(H,16,17)(H2,13,14,15). The van der Waals surface area contributed by atoms with Gasteiger partial charge in [0.25, 0.3) is 5.56 Å². The summed E-state index contributed by atoms with van der Waals surface area (Å²) < 4.78 is 0. The van der Waals surface area contributed by atoms with E-state index in [-0.39, 0.29) is 11.1 Å². The molecule has 0 aliphatic heterocycles. The van der Waals surface area contributed by atoms with Crippen LogP contribution in [0.3, 0.4) is 0 Å². The summed E-state index contributed by atoms with van der Waals surface area (Å²) >= 11 is 0. The van der Waals surface area contributed by atoms with Gasteiger partial charge in [-0.15, -0.1) is 0 Å². The summed E-state index contributed by atoms with van der Waals surface area (Å²) in [6.07, 6.45) is 1.43. The van der Waals surface area contributed by atoms with Crippen LogP contribution in [0.4, 0.5) is 0 Å². The molecule has 0 saturated carbocycles. The molecule has 17 heavy (non-hydrogen) atoms. The predicted octanol–water partition coefficient (Wildman–Crippen LogP) is 1.10. The lowest BCUT2D eigenvalue weighted by Gasteiger charge is -1.99. The van der Waals surface area contributed by atoms with Crippen molar-refractivity contribution in [2.45, 2.75) is 0 Å². The summed E-state index contributed by atoms with van der Waals surface area (Å²) in [5, 5.41) is 15.3. The number of rotatable bonds is 1. The van der Waals surface area contributed by atoms with Gasteiger partial charge in [0.1, 0.15) is 0 Å². The van der Waals surface area contributed by atoms with Gasteiger partial charge >= 0.3 is 5.97 Å². The Kier molecular flexibility index (Phi) is 1.79. The van der Waals surface area contributed by atoms with Crippen LogP contribution in [-0.4, -0.2) is 26.3 Å². The van der Waals surface area contributed by atoms with Crippen molar-refractivity contribution in [3.63, 3.8) is 0 Å². The monoisotopic (exact) mass is 229 g/mol. The van der Waals surface area contributed by atoms with E-state index in [1.165, 1.54) is 18.3 Å². The molecular weight excluding hydrogens is 222 g/mol. The number of fused-ring (bicyclic) bond motifs is 3. The van der Waals surface area contributed by atoms with Crippen molar-refractivity contribution < 1.29 is 9.90 Å². The second-order valence-electron chi connectivity index (χ2n) is 3.66. The van der Waals surface area contributed by atoms with E-state index in [9.17, 15) is 9.59 Å². The van der Waals surface area contributed by atoms with Gasteiger partial charge in [0.05, 0.1) is 22.0 Å². The number of aromatic amines is 2. The van der Waals surface area contributed by atoms with Crippen LogP contribution < -0.4 is 5.56 Å². The van der Waals surface area contributed by atoms with Crippen LogP contribution in [0.15, 0.2) is 29.2 Å². The molecule has 0 saturated heterocycles. The molecule has 0 bridgehead atoms. The molecule has 2 heterocycles. The summed E-state index contributed by atoms with van der Waals surface area (Å²) in [5.41, 5.74) is 1.10. The second kappa shape index (κ2) is 3.18. The van der Waals surface area contributed by atoms with Crippen LogP contribution >= 0.6 is 0 Å². The van der Waals surface area contributed by atoms with E-state index in [0.717, 1.165) is 0 Å². The van der Waals surface area contributed by atoms with Crippen molar-refractivity contribution in [2.24, 2.45) is 0 Å². The molecular formula is C11H7N3O3. The quantitative estimate of drug-likeness (QED) is 0.581. The average molecular weight is 229 g/mol. The highest BCUT2D eigenvalue weighted by Gasteiger charge is 2.09. The Morgan fingerprint density at radius 2 is 2.06 bits per heavy atom. The van der Waals surface area contributed by atoms with Gasteiger partial charge in [0, 0.05) is 11.6 Å². The minimum absolute atomic E-state index is 0.169. The number of hydrogen-bond acceptors (Lipinski definition) is 3. The lowest BCUT2D eigenvalue weighted by atomic mass is 10.1. The summed E-state index contributed by atoms with van der Waals surface area (Å²) in [4.78, 5) is 26.3. The third-order valence-corrected chi connectivity index (χ3v) is 2.66. The van der Waals surface area contributed by atoms with Crippen LogP contribution in [-0.2, 0) is 0 Å². The molecule has 3 N–H and O–H groups in total. The van der Waals surface area contributed by atoms with Gasteiger partial charge in [-0.3, -0.25) is 20.0 Å². The highest BCUT2D eigenvalue weighted by molar-refractivity contribution is 6.04. The SMILES string of the molecule is O=C(O)c1ccc2c(c1)ncc1c(=O)[nH][nH]c12. The first kappa shape index (κ1) is 9.59. The van der Waals surface area contributed by atoms with Gasteiger partial charge in [0.2, 0.25) is 0 Å². The van der Waals surface area contributed by atoms with Gasteiger partial charge in [-0.2, -0.15) is 0 Å².